The molecule has 0 bridgehead atoms. The van der Waals surface area contributed by atoms with Crippen LogP contribution in [0.25, 0.3) is 0 Å². The van der Waals surface area contributed by atoms with Gasteiger partial charge in [0.1, 0.15) is 6.61 Å². The van der Waals surface area contributed by atoms with E-state index >= 15 is 0 Å². The van der Waals surface area contributed by atoms with Crippen LogP contribution in [-0.2, 0) is 15.7 Å². The second kappa shape index (κ2) is 8.57. The van der Waals surface area contributed by atoms with Gasteiger partial charge in [-0.3, -0.25) is 4.79 Å². The average Bonchev–Trinajstić information content (AvgIpc) is 3.00. The number of halogens is 3. The molecule has 0 aromatic heterocycles. The number of amides is 2. The highest BCUT2D eigenvalue weighted by Gasteiger charge is 2.48. The van der Waals surface area contributed by atoms with E-state index in [4.69, 9.17) is 4.74 Å². The third-order valence-electron chi connectivity index (χ3n) is 5.36. The van der Waals surface area contributed by atoms with E-state index in [1.165, 1.54) is 12.1 Å². The second-order valence-electron chi connectivity index (χ2n) is 8.10. The van der Waals surface area contributed by atoms with Crippen LogP contribution in [0.5, 0.6) is 0 Å². The van der Waals surface area contributed by atoms with Gasteiger partial charge in [-0.15, -0.1) is 0 Å². The maximum absolute atomic E-state index is 13.7. The summed E-state index contributed by atoms with van der Waals surface area (Å²) in [7, 11) is 0. The molecule has 2 aromatic carbocycles. The number of ether oxygens (including phenoxy) is 1. The van der Waals surface area contributed by atoms with E-state index in [0.717, 1.165) is 17.0 Å². The quantitative estimate of drug-likeness (QED) is 0.553. The molecule has 0 saturated carbocycles. The van der Waals surface area contributed by atoms with Crippen molar-refractivity contribution in [3.05, 3.63) is 83.4 Å². The maximum atomic E-state index is 13.7. The summed E-state index contributed by atoms with van der Waals surface area (Å²) in [5, 5.41) is 0. The predicted molar refractivity (Wildman–Crippen MR) is 110 cm³/mol. The summed E-state index contributed by atoms with van der Waals surface area (Å²) >= 11 is 0. The Hall–Kier alpha value is -3.09. The van der Waals surface area contributed by atoms with Crippen LogP contribution in [0.2, 0.25) is 0 Å². The van der Waals surface area contributed by atoms with Crippen LogP contribution in [-0.4, -0.2) is 29.0 Å². The Bertz CT molecular complexity index is 966. The smallest absolute Gasteiger partial charge is 0.417 e. The molecule has 2 aromatic rings. The van der Waals surface area contributed by atoms with Crippen molar-refractivity contribution >= 4 is 12.0 Å². The van der Waals surface area contributed by atoms with Gasteiger partial charge in [-0.1, -0.05) is 54.6 Å². The van der Waals surface area contributed by atoms with Crippen molar-refractivity contribution in [3.8, 4) is 0 Å². The van der Waals surface area contributed by atoms with Gasteiger partial charge in [0.15, 0.2) is 0 Å². The fourth-order valence-corrected chi connectivity index (χ4v) is 3.82. The molecule has 1 heterocycles. The van der Waals surface area contributed by atoms with Crippen molar-refractivity contribution in [2.75, 3.05) is 6.61 Å². The zero-order valence-corrected chi connectivity index (χ0v) is 17.5. The van der Waals surface area contributed by atoms with E-state index in [1.54, 1.807) is 57.2 Å². The number of nitrogens with zero attached hydrogens (tertiary/aromatic N) is 1. The highest BCUT2D eigenvalue weighted by Crippen LogP contribution is 2.40. The molecule has 4 nitrogen and oxygen atoms in total. The van der Waals surface area contributed by atoms with Gasteiger partial charge in [0, 0.05) is 5.92 Å². The molecule has 0 aliphatic carbocycles. The van der Waals surface area contributed by atoms with E-state index in [2.05, 4.69) is 0 Å². The molecule has 31 heavy (non-hydrogen) atoms. The zero-order chi connectivity index (χ0) is 22.8. The number of hydrogen-bond acceptors (Lipinski definition) is 3. The first-order valence-corrected chi connectivity index (χ1v) is 9.92. The lowest BCUT2D eigenvalue weighted by molar-refractivity contribution is -0.137. The van der Waals surface area contributed by atoms with Crippen molar-refractivity contribution in [1.29, 1.82) is 0 Å². The first kappa shape index (κ1) is 22.6. The molecule has 0 spiro atoms. The summed E-state index contributed by atoms with van der Waals surface area (Å²) < 4.78 is 44.2. The molecule has 0 N–H and O–H groups in total. The minimum Gasteiger partial charge on any atom is -0.447 e. The van der Waals surface area contributed by atoms with Crippen molar-refractivity contribution < 1.29 is 27.5 Å². The molecule has 7 heteroatoms. The van der Waals surface area contributed by atoms with Gasteiger partial charge >= 0.3 is 12.3 Å². The van der Waals surface area contributed by atoms with Crippen LogP contribution < -0.4 is 0 Å². The number of rotatable bonds is 5. The topological polar surface area (TPSA) is 46.6 Å². The van der Waals surface area contributed by atoms with Crippen LogP contribution in [0.3, 0.4) is 0 Å². The first-order chi connectivity index (χ1) is 14.6. The highest BCUT2D eigenvalue weighted by molar-refractivity contribution is 5.98. The fraction of sp³-hybridized carbons (Fsp3) is 0.333. The molecule has 2 amide bonds. The molecule has 1 fully saturated rings. The Morgan fingerprint density at radius 3 is 2.16 bits per heavy atom. The van der Waals surface area contributed by atoms with Crippen LogP contribution in [0.15, 0.2) is 66.7 Å². The lowest BCUT2D eigenvalue weighted by Gasteiger charge is -2.33. The number of allylic oxidation sites excluding steroid dienone is 2. The normalized spacial score (nSPS) is 18.1. The largest absolute Gasteiger partial charge is 0.447 e. The Kier molecular flexibility index (Phi) is 6.25. The van der Waals surface area contributed by atoms with Crippen LogP contribution in [0, 0.1) is 0 Å². The third-order valence-corrected chi connectivity index (χ3v) is 5.36. The fourth-order valence-electron chi connectivity index (χ4n) is 3.82. The summed E-state index contributed by atoms with van der Waals surface area (Å²) in [4.78, 5) is 27.2. The molecule has 164 valence electrons. The van der Waals surface area contributed by atoms with E-state index in [-0.39, 0.29) is 6.61 Å². The highest BCUT2D eigenvalue weighted by atomic mass is 19.4. The summed E-state index contributed by atoms with van der Waals surface area (Å²) in [6.45, 7) is 5.33. The Labute approximate surface area is 179 Å². The van der Waals surface area contributed by atoms with E-state index in [0.29, 0.717) is 11.1 Å². The molecular weight excluding hydrogens is 407 g/mol. The van der Waals surface area contributed by atoms with Gasteiger partial charge < -0.3 is 4.74 Å². The van der Waals surface area contributed by atoms with E-state index in [9.17, 15) is 22.8 Å². The van der Waals surface area contributed by atoms with Gasteiger partial charge in [0.25, 0.3) is 0 Å². The van der Waals surface area contributed by atoms with Crippen LogP contribution in [0.1, 0.15) is 49.3 Å². The van der Waals surface area contributed by atoms with Gasteiger partial charge in [-0.05, 0) is 44.0 Å². The van der Waals surface area contributed by atoms with Crippen molar-refractivity contribution in [3.63, 3.8) is 0 Å². The van der Waals surface area contributed by atoms with Crippen molar-refractivity contribution in [2.45, 2.75) is 44.3 Å². The summed E-state index contributed by atoms with van der Waals surface area (Å²) in [6, 6.07) is 13.7. The van der Waals surface area contributed by atoms with Crippen molar-refractivity contribution in [2.24, 2.45) is 0 Å². The van der Waals surface area contributed by atoms with Crippen LogP contribution in [0.4, 0.5) is 18.0 Å². The summed E-state index contributed by atoms with van der Waals surface area (Å²) in [5.41, 5.74) is -0.395. The van der Waals surface area contributed by atoms with E-state index < -0.39 is 41.1 Å². The van der Waals surface area contributed by atoms with Crippen LogP contribution >= 0.6 is 0 Å². The summed E-state index contributed by atoms with van der Waals surface area (Å²) in [5.74, 6) is -1.85. The molecule has 2 atom stereocenters. The Morgan fingerprint density at radius 2 is 1.68 bits per heavy atom. The molecule has 0 radical (unpaired) electrons. The molecule has 3 rings (SSSR count). The molecule has 1 aliphatic rings. The molecule has 0 unspecified atom stereocenters. The average molecular weight is 431 g/mol. The first-order valence-electron chi connectivity index (χ1n) is 9.92. The lowest BCUT2D eigenvalue weighted by Crippen LogP contribution is -2.48. The molecule has 1 saturated heterocycles. The Balaban J connectivity index is 2.10. The molecular formula is C24H24F3NO3. The number of hydrogen-bond donors (Lipinski definition) is 0. The van der Waals surface area contributed by atoms with Crippen molar-refractivity contribution in [1.82, 2.24) is 4.90 Å². The van der Waals surface area contributed by atoms with E-state index in [1.807, 2.05) is 6.07 Å². The SMILES string of the molecule is C/C=C/[C@@H](c1ccc(C(F)(F)F)cc1)[C@@H](C(=O)N1C(=O)OCC1(C)C)c1ccccc1. The monoisotopic (exact) mass is 431 g/mol. The van der Waals surface area contributed by atoms with Gasteiger partial charge in [0.2, 0.25) is 5.91 Å². The maximum Gasteiger partial charge on any atom is 0.417 e. The van der Waals surface area contributed by atoms with Gasteiger partial charge in [-0.25, -0.2) is 9.69 Å². The zero-order valence-electron chi connectivity index (χ0n) is 17.5. The van der Waals surface area contributed by atoms with Gasteiger partial charge in [-0.2, -0.15) is 13.2 Å². The second-order valence-corrected chi connectivity index (χ2v) is 8.10. The minimum absolute atomic E-state index is 0.0770. The Morgan fingerprint density at radius 1 is 1.06 bits per heavy atom. The summed E-state index contributed by atoms with van der Waals surface area (Å²) in [6.07, 6.45) is -1.65. The number of imide groups is 1. The number of benzene rings is 2. The third kappa shape index (κ3) is 4.65. The lowest BCUT2D eigenvalue weighted by atomic mass is 9.79. The predicted octanol–water partition coefficient (Wildman–Crippen LogP) is 5.91. The number of carbonyl (C=O) groups excluding carboxylic acids is 2. The number of carbonyl (C=O) groups is 2. The standard InChI is InChI=1S/C24H24F3NO3/c1-4-8-19(16-11-13-18(14-12-16)24(25,26)27)20(17-9-6-5-7-10-17)21(29)28-22(30)31-15-23(28,2)3/h4-14,19-20H,15H2,1-3H3/b8-4+/t19-,20-/m0/s1. The van der Waals surface area contributed by atoms with Gasteiger partial charge in [0.05, 0.1) is 17.0 Å². The molecule has 1 aliphatic heterocycles. The number of cyclic esters (lactones) is 1. The number of alkyl halides is 3. The minimum atomic E-state index is -4.45.